The van der Waals surface area contributed by atoms with E-state index in [2.05, 4.69) is 37.8 Å². The van der Waals surface area contributed by atoms with E-state index in [1.54, 1.807) is 0 Å². The maximum Gasteiger partial charge on any atom is 0.231 e. The van der Waals surface area contributed by atoms with Crippen molar-refractivity contribution < 1.29 is 9.47 Å². The Balaban J connectivity index is 1.60. The Kier molecular flexibility index (Phi) is 3.98. The number of halogens is 1. The molecule has 6 heteroatoms. The van der Waals surface area contributed by atoms with Crippen molar-refractivity contribution in [3.8, 4) is 22.8 Å². The molecule has 0 fully saturated rings. The van der Waals surface area contributed by atoms with Crippen molar-refractivity contribution >= 4 is 27.4 Å². The number of hydrogen-bond acceptors (Lipinski definition) is 4. The summed E-state index contributed by atoms with van der Waals surface area (Å²) in [6.45, 7) is 0.967. The molecule has 0 aliphatic carbocycles. The van der Waals surface area contributed by atoms with Crippen molar-refractivity contribution in [3.05, 3.63) is 76.9 Å². The van der Waals surface area contributed by atoms with Gasteiger partial charge in [-0.2, -0.15) is 0 Å². The normalized spacial score (nSPS) is 12.5. The predicted octanol–water partition coefficient (Wildman–Crippen LogP) is 5.10. The summed E-state index contributed by atoms with van der Waals surface area (Å²) in [6.07, 6.45) is 2.02. The van der Waals surface area contributed by atoms with E-state index >= 15 is 0 Å². The molecule has 4 aromatic rings. The Morgan fingerprint density at radius 2 is 1.85 bits per heavy atom. The van der Waals surface area contributed by atoms with Crippen molar-refractivity contribution in [2.24, 2.45) is 0 Å². The second kappa shape index (κ2) is 6.63. The van der Waals surface area contributed by atoms with Gasteiger partial charge in [-0.3, -0.25) is 4.40 Å². The summed E-state index contributed by atoms with van der Waals surface area (Å²) < 4.78 is 14.0. The summed E-state index contributed by atoms with van der Waals surface area (Å²) >= 11 is 3.56. The number of nitrogens with zero attached hydrogens (tertiary/aromatic N) is 2. The number of aromatic nitrogens is 2. The minimum Gasteiger partial charge on any atom is -0.454 e. The van der Waals surface area contributed by atoms with Crippen LogP contribution in [0, 0.1) is 0 Å². The smallest absolute Gasteiger partial charge is 0.231 e. The zero-order valence-corrected chi connectivity index (χ0v) is 15.9. The van der Waals surface area contributed by atoms with Crippen LogP contribution in [0.1, 0.15) is 5.56 Å². The summed E-state index contributed by atoms with van der Waals surface area (Å²) in [4.78, 5) is 4.85. The molecule has 5 rings (SSSR count). The van der Waals surface area contributed by atoms with Crippen LogP contribution in [0.5, 0.6) is 11.5 Å². The molecule has 0 bridgehead atoms. The van der Waals surface area contributed by atoms with E-state index in [9.17, 15) is 0 Å². The fourth-order valence-corrected chi connectivity index (χ4v) is 3.55. The van der Waals surface area contributed by atoms with Gasteiger partial charge in [-0.15, -0.1) is 0 Å². The van der Waals surface area contributed by atoms with Crippen LogP contribution in [0.3, 0.4) is 0 Å². The second-order valence-electron chi connectivity index (χ2n) is 6.29. The molecule has 5 nitrogen and oxygen atoms in total. The molecule has 1 N–H and O–H groups in total. The van der Waals surface area contributed by atoms with E-state index in [0.717, 1.165) is 38.7 Å². The number of ether oxygens (including phenoxy) is 2. The molecule has 0 atom stereocenters. The second-order valence-corrected chi connectivity index (χ2v) is 7.21. The third-order valence-corrected chi connectivity index (χ3v) is 5.00. The summed E-state index contributed by atoms with van der Waals surface area (Å²) in [7, 11) is 0. The molecule has 0 saturated heterocycles. The van der Waals surface area contributed by atoms with Gasteiger partial charge in [0.15, 0.2) is 11.5 Å². The van der Waals surface area contributed by atoms with Gasteiger partial charge in [0.25, 0.3) is 0 Å². The van der Waals surface area contributed by atoms with Crippen LogP contribution < -0.4 is 14.8 Å². The number of nitrogens with one attached hydrogen (secondary N) is 1. The van der Waals surface area contributed by atoms with Crippen LogP contribution in [-0.2, 0) is 6.54 Å². The first-order chi connectivity index (χ1) is 13.3. The highest BCUT2D eigenvalue weighted by atomic mass is 79.9. The van der Waals surface area contributed by atoms with Crippen LogP contribution in [0.25, 0.3) is 16.9 Å². The lowest BCUT2D eigenvalue weighted by molar-refractivity contribution is 0.174. The van der Waals surface area contributed by atoms with Crippen molar-refractivity contribution in [3.63, 3.8) is 0 Å². The molecule has 27 heavy (non-hydrogen) atoms. The lowest BCUT2D eigenvalue weighted by Crippen LogP contribution is -2.03. The molecule has 134 valence electrons. The van der Waals surface area contributed by atoms with Gasteiger partial charge in [-0.25, -0.2) is 4.98 Å². The minimum atomic E-state index is 0.260. The van der Waals surface area contributed by atoms with E-state index in [0.29, 0.717) is 6.54 Å². The fraction of sp³-hybridized carbons (Fsp3) is 0.0952. The first-order valence-electron chi connectivity index (χ1n) is 8.63. The standard InChI is InChI=1S/C21H16BrN3O2/c22-16-7-9-19-24-20(15-6-8-17-18(10-15)27-13-26-17)21(25(19)12-16)23-11-14-4-2-1-3-5-14/h1-10,12,23H,11,13H2. The van der Waals surface area contributed by atoms with E-state index < -0.39 is 0 Å². The number of benzene rings is 2. The van der Waals surface area contributed by atoms with Crippen LogP contribution >= 0.6 is 15.9 Å². The lowest BCUT2D eigenvalue weighted by Gasteiger charge is -2.10. The Labute approximate surface area is 164 Å². The minimum absolute atomic E-state index is 0.260. The van der Waals surface area contributed by atoms with Crippen LogP contribution in [0.15, 0.2) is 71.3 Å². The molecular weight excluding hydrogens is 406 g/mol. The molecule has 1 aliphatic heterocycles. The molecule has 2 aromatic heterocycles. The zero-order valence-electron chi connectivity index (χ0n) is 14.4. The van der Waals surface area contributed by atoms with Gasteiger partial charge in [0.05, 0.1) is 0 Å². The first kappa shape index (κ1) is 16.2. The molecule has 2 aromatic carbocycles. The Morgan fingerprint density at radius 1 is 1.00 bits per heavy atom. The van der Waals surface area contributed by atoms with E-state index in [-0.39, 0.29) is 6.79 Å². The van der Waals surface area contributed by atoms with Crippen molar-refractivity contribution in [2.75, 3.05) is 12.1 Å². The zero-order chi connectivity index (χ0) is 18.2. The Morgan fingerprint density at radius 3 is 2.74 bits per heavy atom. The molecule has 3 heterocycles. The topological polar surface area (TPSA) is 47.8 Å². The molecule has 0 spiro atoms. The number of rotatable bonds is 4. The number of hydrogen-bond donors (Lipinski definition) is 1. The highest BCUT2D eigenvalue weighted by molar-refractivity contribution is 9.10. The molecular formula is C21H16BrN3O2. The number of fused-ring (bicyclic) bond motifs is 2. The highest BCUT2D eigenvalue weighted by Crippen LogP contribution is 2.38. The van der Waals surface area contributed by atoms with Crippen molar-refractivity contribution in [1.29, 1.82) is 0 Å². The molecule has 0 saturated carbocycles. The molecule has 1 aliphatic rings. The maximum absolute atomic E-state index is 5.54. The third kappa shape index (κ3) is 3.02. The largest absolute Gasteiger partial charge is 0.454 e. The summed E-state index contributed by atoms with van der Waals surface area (Å²) in [5.41, 5.74) is 3.94. The summed E-state index contributed by atoms with van der Waals surface area (Å²) in [5.74, 6) is 2.46. The van der Waals surface area contributed by atoms with E-state index in [1.807, 2.05) is 54.7 Å². The Hall–Kier alpha value is -2.99. The number of anilines is 1. The molecule has 0 radical (unpaired) electrons. The monoisotopic (exact) mass is 421 g/mol. The van der Waals surface area contributed by atoms with Gasteiger partial charge >= 0.3 is 0 Å². The van der Waals surface area contributed by atoms with Crippen molar-refractivity contribution in [2.45, 2.75) is 6.54 Å². The van der Waals surface area contributed by atoms with Crippen LogP contribution in [0.4, 0.5) is 5.82 Å². The average molecular weight is 422 g/mol. The van der Waals surface area contributed by atoms with Gasteiger partial charge in [-0.1, -0.05) is 30.3 Å². The molecule has 0 amide bonds. The van der Waals surface area contributed by atoms with E-state index in [1.165, 1.54) is 5.56 Å². The van der Waals surface area contributed by atoms with Crippen LogP contribution in [0.2, 0.25) is 0 Å². The summed E-state index contributed by atoms with van der Waals surface area (Å²) in [6, 6.07) is 20.2. The number of pyridine rings is 1. The van der Waals surface area contributed by atoms with Gasteiger partial charge < -0.3 is 14.8 Å². The third-order valence-electron chi connectivity index (χ3n) is 4.53. The highest BCUT2D eigenvalue weighted by Gasteiger charge is 2.19. The lowest BCUT2D eigenvalue weighted by atomic mass is 10.1. The molecule has 0 unspecified atom stereocenters. The van der Waals surface area contributed by atoms with Crippen molar-refractivity contribution in [1.82, 2.24) is 9.38 Å². The Bertz CT molecular complexity index is 1130. The SMILES string of the molecule is Brc1ccc2nc(-c3ccc4c(c3)OCO4)c(NCc3ccccc3)n2c1. The average Bonchev–Trinajstić information content (AvgIpc) is 3.30. The van der Waals surface area contributed by atoms with E-state index in [4.69, 9.17) is 14.5 Å². The quantitative estimate of drug-likeness (QED) is 0.497. The maximum atomic E-state index is 5.54. The summed E-state index contributed by atoms with van der Waals surface area (Å²) in [5, 5.41) is 3.55. The fourth-order valence-electron chi connectivity index (χ4n) is 3.21. The first-order valence-corrected chi connectivity index (χ1v) is 9.43. The van der Waals surface area contributed by atoms with Gasteiger partial charge in [-0.05, 0) is 51.8 Å². The van der Waals surface area contributed by atoms with Gasteiger partial charge in [0.1, 0.15) is 17.2 Å². The number of imidazole rings is 1. The van der Waals surface area contributed by atoms with Crippen LogP contribution in [-0.4, -0.2) is 16.2 Å². The van der Waals surface area contributed by atoms with Gasteiger partial charge in [0.2, 0.25) is 6.79 Å². The van der Waals surface area contributed by atoms with Gasteiger partial charge in [0, 0.05) is 22.8 Å². The predicted molar refractivity (Wildman–Crippen MR) is 108 cm³/mol.